The molecule has 1 N–H and O–H groups in total. The van der Waals surface area contributed by atoms with Gasteiger partial charge in [0.1, 0.15) is 0 Å². The molecular formula is C14H24O. The fourth-order valence-corrected chi connectivity index (χ4v) is 4.00. The summed E-state index contributed by atoms with van der Waals surface area (Å²) in [5.74, 6) is 0.464. The Morgan fingerprint density at radius 3 is 2.47 bits per heavy atom. The van der Waals surface area contributed by atoms with Crippen molar-refractivity contribution >= 4 is 0 Å². The van der Waals surface area contributed by atoms with Gasteiger partial charge in [-0.3, -0.25) is 0 Å². The number of aliphatic hydroxyl groups excluding tert-OH is 1. The molecule has 0 aromatic heterocycles. The maximum Gasteiger partial charge on any atom is 0.0664 e. The molecule has 0 aromatic carbocycles. The Hall–Kier alpha value is -0.300. The summed E-state index contributed by atoms with van der Waals surface area (Å²) in [4.78, 5) is 0. The lowest BCUT2D eigenvalue weighted by atomic mass is 9.55. The number of hydrogen-bond donors (Lipinski definition) is 1. The van der Waals surface area contributed by atoms with Gasteiger partial charge in [0, 0.05) is 5.41 Å². The van der Waals surface area contributed by atoms with Crippen LogP contribution in [0.15, 0.2) is 11.6 Å². The number of aliphatic hydroxyl groups is 1. The van der Waals surface area contributed by atoms with Gasteiger partial charge in [0.2, 0.25) is 0 Å². The van der Waals surface area contributed by atoms with Crippen LogP contribution in [0.2, 0.25) is 0 Å². The molecule has 2 rings (SSSR count). The minimum atomic E-state index is -0.135. The van der Waals surface area contributed by atoms with Gasteiger partial charge in [0.25, 0.3) is 0 Å². The van der Waals surface area contributed by atoms with E-state index in [4.69, 9.17) is 0 Å². The molecule has 2 aliphatic rings. The fraction of sp³-hybridized carbons (Fsp3) is 0.857. The summed E-state index contributed by atoms with van der Waals surface area (Å²) in [6.45, 7) is 9.09. The third-order valence-corrected chi connectivity index (χ3v) is 5.17. The van der Waals surface area contributed by atoms with E-state index < -0.39 is 0 Å². The molecule has 1 nitrogen and oxygen atoms in total. The molecule has 1 saturated carbocycles. The third kappa shape index (κ3) is 1.32. The number of allylic oxidation sites excluding steroid dienone is 1. The molecule has 1 fully saturated rings. The predicted octanol–water partition coefficient (Wildman–Crippen LogP) is 3.53. The van der Waals surface area contributed by atoms with E-state index in [1.54, 1.807) is 0 Å². The molecular weight excluding hydrogens is 184 g/mol. The van der Waals surface area contributed by atoms with Gasteiger partial charge in [0.05, 0.1) is 6.10 Å². The fourth-order valence-electron chi connectivity index (χ4n) is 4.00. The second-order valence-corrected chi connectivity index (χ2v) is 6.24. The lowest BCUT2D eigenvalue weighted by Gasteiger charge is -2.51. The van der Waals surface area contributed by atoms with E-state index in [0.29, 0.717) is 5.92 Å². The molecule has 0 radical (unpaired) electrons. The van der Waals surface area contributed by atoms with Crippen molar-refractivity contribution < 1.29 is 5.11 Å². The molecule has 0 heterocycles. The maximum atomic E-state index is 10.5. The topological polar surface area (TPSA) is 20.2 Å². The normalized spacial score (nSPS) is 44.5. The third-order valence-electron chi connectivity index (χ3n) is 5.17. The van der Waals surface area contributed by atoms with Crippen LogP contribution < -0.4 is 0 Å². The van der Waals surface area contributed by atoms with Crippen LogP contribution in [0.1, 0.15) is 53.4 Å². The van der Waals surface area contributed by atoms with E-state index in [2.05, 4.69) is 33.8 Å². The molecule has 15 heavy (non-hydrogen) atoms. The largest absolute Gasteiger partial charge is 0.392 e. The van der Waals surface area contributed by atoms with Crippen molar-refractivity contribution in [1.29, 1.82) is 0 Å². The van der Waals surface area contributed by atoms with Crippen LogP contribution >= 0.6 is 0 Å². The molecule has 3 unspecified atom stereocenters. The zero-order valence-corrected chi connectivity index (χ0v) is 10.5. The summed E-state index contributed by atoms with van der Waals surface area (Å²) >= 11 is 0. The van der Waals surface area contributed by atoms with Crippen molar-refractivity contribution in [3.05, 3.63) is 11.6 Å². The second kappa shape index (κ2) is 3.35. The summed E-state index contributed by atoms with van der Waals surface area (Å²) in [5.41, 5.74) is 1.77. The molecule has 3 atom stereocenters. The van der Waals surface area contributed by atoms with Crippen molar-refractivity contribution in [2.24, 2.45) is 16.7 Å². The second-order valence-electron chi connectivity index (χ2n) is 6.24. The van der Waals surface area contributed by atoms with Crippen LogP contribution in [-0.2, 0) is 0 Å². The quantitative estimate of drug-likeness (QED) is 0.604. The predicted molar refractivity (Wildman–Crippen MR) is 63.6 cm³/mol. The van der Waals surface area contributed by atoms with Crippen LogP contribution in [0.3, 0.4) is 0 Å². The molecule has 1 heteroatoms. The summed E-state index contributed by atoms with van der Waals surface area (Å²) in [7, 11) is 0. The van der Waals surface area contributed by atoms with Crippen molar-refractivity contribution in [3.8, 4) is 0 Å². The lowest BCUT2D eigenvalue weighted by Crippen LogP contribution is -2.47. The monoisotopic (exact) mass is 208 g/mol. The van der Waals surface area contributed by atoms with Crippen LogP contribution in [0.4, 0.5) is 0 Å². The zero-order valence-electron chi connectivity index (χ0n) is 10.5. The van der Waals surface area contributed by atoms with Crippen LogP contribution in [0.5, 0.6) is 0 Å². The van der Waals surface area contributed by atoms with Gasteiger partial charge in [-0.1, -0.05) is 32.4 Å². The first-order valence-corrected chi connectivity index (χ1v) is 6.27. The van der Waals surface area contributed by atoms with Crippen molar-refractivity contribution in [1.82, 2.24) is 0 Å². The van der Waals surface area contributed by atoms with E-state index in [0.717, 1.165) is 0 Å². The van der Waals surface area contributed by atoms with Crippen molar-refractivity contribution in [3.63, 3.8) is 0 Å². The van der Waals surface area contributed by atoms with E-state index in [9.17, 15) is 5.11 Å². The summed E-state index contributed by atoms with van der Waals surface area (Å²) < 4.78 is 0. The highest BCUT2D eigenvalue weighted by Gasteiger charge is 2.56. The lowest BCUT2D eigenvalue weighted by molar-refractivity contribution is -0.0358. The Labute approximate surface area is 93.6 Å². The maximum absolute atomic E-state index is 10.5. The van der Waals surface area contributed by atoms with Crippen LogP contribution in [0.25, 0.3) is 0 Å². The summed E-state index contributed by atoms with van der Waals surface area (Å²) in [6.07, 6.45) is 6.96. The van der Waals surface area contributed by atoms with Gasteiger partial charge in [-0.15, -0.1) is 0 Å². The Kier molecular flexibility index (Phi) is 2.50. The SMILES string of the molecule is CC1=CCCC(C)(C)C12CCC(C)C2O. The average molecular weight is 208 g/mol. The minimum Gasteiger partial charge on any atom is -0.392 e. The standard InChI is InChI=1S/C14H24O/c1-10-7-9-14(12(10)15)11(2)6-5-8-13(14,3)4/h6,10,12,15H,5,7-9H2,1-4H3. The molecule has 86 valence electrons. The first-order chi connectivity index (χ1) is 6.92. The van der Waals surface area contributed by atoms with E-state index in [1.807, 2.05) is 0 Å². The van der Waals surface area contributed by atoms with Gasteiger partial charge >= 0.3 is 0 Å². The average Bonchev–Trinajstić information content (AvgIpc) is 2.43. The minimum absolute atomic E-state index is 0.0741. The Morgan fingerprint density at radius 1 is 1.33 bits per heavy atom. The van der Waals surface area contributed by atoms with Crippen LogP contribution in [-0.4, -0.2) is 11.2 Å². The smallest absolute Gasteiger partial charge is 0.0664 e. The summed E-state index contributed by atoms with van der Waals surface area (Å²) in [6, 6.07) is 0. The van der Waals surface area contributed by atoms with E-state index in [-0.39, 0.29) is 16.9 Å². The highest BCUT2D eigenvalue weighted by molar-refractivity contribution is 5.25. The van der Waals surface area contributed by atoms with E-state index >= 15 is 0 Å². The molecule has 0 aromatic rings. The number of hydrogen-bond acceptors (Lipinski definition) is 1. The number of rotatable bonds is 0. The first kappa shape index (κ1) is 11.2. The van der Waals surface area contributed by atoms with Crippen molar-refractivity contribution in [2.75, 3.05) is 0 Å². The van der Waals surface area contributed by atoms with E-state index in [1.165, 1.54) is 31.3 Å². The first-order valence-electron chi connectivity index (χ1n) is 6.27. The summed E-state index contributed by atoms with van der Waals surface area (Å²) in [5, 5.41) is 10.5. The molecule has 0 amide bonds. The molecule has 2 aliphatic carbocycles. The zero-order chi connectivity index (χ0) is 11.3. The van der Waals surface area contributed by atoms with Gasteiger partial charge in [-0.2, -0.15) is 0 Å². The van der Waals surface area contributed by atoms with Gasteiger partial charge < -0.3 is 5.11 Å². The Morgan fingerprint density at radius 2 is 2.00 bits per heavy atom. The molecule has 0 aliphatic heterocycles. The molecule has 0 bridgehead atoms. The Bertz CT molecular complexity index is 290. The van der Waals surface area contributed by atoms with Gasteiger partial charge in [-0.25, -0.2) is 0 Å². The van der Waals surface area contributed by atoms with Crippen molar-refractivity contribution in [2.45, 2.75) is 59.5 Å². The van der Waals surface area contributed by atoms with Gasteiger partial charge in [0.15, 0.2) is 0 Å². The van der Waals surface area contributed by atoms with Gasteiger partial charge in [-0.05, 0) is 43.9 Å². The highest BCUT2D eigenvalue weighted by Crippen LogP contribution is 2.61. The molecule has 1 spiro atoms. The van der Waals surface area contributed by atoms with Crippen LogP contribution in [0, 0.1) is 16.7 Å². The Balaban J connectivity index is 2.47. The highest BCUT2D eigenvalue weighted by atomic mass is 16.3. The molecule has 0 saturated heterocycles.